The van der Waals surface area contributed by atoms with E-state index in [-0.39, 0.29) is 21.9 Å². The van der Waals surface area contributed by atoms with Crippen molar-refractivity contribution in [2.75, 3.05) is 7.11 Å². The van der Waals surface area contributed by atoms with E-state index in [1.165, 1.54) is 25.7 Å². The number of benzene rings is 2. The number of hydrogen-bond acceptors (Lipinski definition) is 4. The third kappa shape index (κ3) is 4.26. The molecule has 1 atom stereocenters. The van der Waals surface area contributed by atoms with E-state index < -0.39 is 18.2 Å². The van der Waals surface area contributed by atoms with E-state index in [9.17, 15) is 18.3 Å². The van der Waals surface area contributed by atoms with Crippen molar-refractivity contribution >= 4 is 34.1 Å². The molecule has 2 aromatic heterocycles. The van der Waals surface area contributed by atoms with Gasteiger partial charge < -0.3 is 14.4 Å². The maximum Gasteiger partial charge on any atom is 0.393 e. The van der Waals surface area contributed by atoms with Crippen molar-refractivity contribution in [3.63, 3.8) is 0 Å². The summed E-state index contributed by atoms with van der Waals surface area (Å²) in [4.78, 5) is 8.31. The maximum atomic E-state index is 13.2. The molecule has 0 fully saturated rings. The van der Waals surface area contributed by atoms with E-state index in [2.05, 4.69) is 9.97 Å². The Bertz CT molecular complexity index is 1320. The van der Waals surface area contributed by atoms with E-state index in [1.807, 2.05) is 0 Å². The van der Waals surface area contributed by atoms with Crippen LogP contribution in [0.15, 0.2) is 55.0 Å². The van der Waals surface area contributed by atoms with Crippen molar-refractivity contribution in [3.8, 4) is 5.88 Å². The molecule has 1 unspecified atom stereocenters. The first-order valence-electron chi connectivity index (χ1n) is 9.73. The molecule has 5 nitrogen and oxygen atoms in total. The predicted octanol–water partition coefficient (Wildman–Crippen LogP) is 5.67. The van der Waals surface area contributed by atoms with Gasteiger partial charge in [-0.3, -0.25) is 0 Å². The third-order valence-electron chi connectivity index (χ3n) is 5.42. The summed E-state index contributed by atoms with van der Waals surface area (Å²) < 4.78 is 46.3. The summed E-state index contributed by atoms with van der Waals surface area (Å²) >= 11 is 12.5. The average Bonchev–Trinajstić information content (AvgIpc) is 3.21. The lowest BCUT2D eigenvalue weighted by molar-refractivity contribution is -0.127. The molecule has 0 aliphatic rings. The van der Waals surface area contributed by atoms with Gasteiger partial charge in [0.15, 0.2) is 5.60 Å². The molecule has 10 heteroatoms. The largest absolute Gasteiger partial charge is 0.481 e. The maximum absolute atomic E-state index is 13.2. The molecule has 172 valence electrons. The van der Waals surface area contributed by atoms with E-state index in [1.54, 1.807) is 48.0 Å². The lowest BCUT2D eigenvalue weighted by atomic mass is 9.83. The highest BCUT2D eigenvalue weighted by Gasteiger charge is 2.37. The van der Waals surface area contributed by atoms with Crippen LogP contribution >= 0.6 is 23.2 Å². The van der Waals surface area contributed by atoms with E-state index in [0.29, 0.717) is 27.4 Å². The second kappa shape index (κ2) is 8.52. The quantitative estimate of drug-likeness (QED) is 0.387. The number of ether oxygens (including phenoxy) is 1. The molecule has 0 bridgehead atoms. The number of aliphatic hydroxyl groups is 1. The number of pyridine rings is 1. The van der Waals surface area contributed by atoms with Gasteiger partial charge >= 0.3 is 6.18 Å². The zero-order valence-corrected chi connectivity index (χ0v) is 19.0. The van der Waals surface area contributed by atoms with Crippen LogP contribution in [-0.2, 0) is 19.1 Å². The average molecular weight is 496 g/mol. The molecular formula is C23H18Cl2F3N3O2. The Balaban J connectivity index is 1.98. The number of fused-ring (bicyclic) bond motifs is 1. The Morgan fingerprint density at radius 2 is 1.73 bits per heavy atom. The number of hydrogen-bond donors (Lipinski definition) is 1. The van der Waals surface area contributed by atoms with Gasteiger partial charge in [0.05, 0.1) is 42.3 Å². The van der Waals surface area contributed by atoms with Crippen molar-refractivity contribution < 1.29 is 23.0 Å². The molecule has 33 heavy (non-hydrogen) atoms. The highest BCUT2D eigenvalue weighted by Crippen LogP contribution is 2.41. The zero-order chi connectivity index (χ0) is 24.0. The van der Waals surface area contributed by atoms with Crippen molar-refractivity contribution in [3.05, 3.63) is 87.4 Å². The minimum atomic E-state index is -4.51. The Hall–Kier alpha value is -2.81. The second-order valence-electron chi connectivity index (χ2n) is 7.54. The number of nitrogens with zero attached hydrogens (tertiary/aromatic N) is 3. The van der Waals surface area contributed by atoms with Gasteiger partial charge in [0.2, 0.25) is 5.88 Å². The minimum absolute atomic E-state index is 0.139. The monoisotopic (exact) mass is 495 g/mol. The van der Waals surface area contributed by atoms with Gasteiger partial charge in [-0.05, 0) is 35.4 Å². The van der Waals surface area contributed by atoms with Crippen LogP contribution in [0.1, 0.15) is 22.4 Å². The van der Waals surface area contributed by atoms with Gasteiger partial charge in [0.25, 0.3) is 0 Å². The Morgan fingerprint density at radius 3 is 2.30 bits per heavy atom. The smallest absolute Gasteiger partial charge is 0.393 e. The van der Waals surface area contributed by atoms with Crippen LogP contribution in [0.5, 0.6) is 5.88 Å². The van der Waals surface area contributed by atoms with Gasteiger partial charge in [-0.15, -0.1) is 0 Å². The fourth-order valence-corrected chi connectivity index (χ4v) is 4.27. The predicted molar refractivity (Wildman–Crippen MR) is 120 cm³/mol. The number of alkyl halides is 3. The summed E-state index contributed by atoms with van der Waals surface area (Å²) in [6.07, 6.45) is -2.76. The van der Waals surface area contributed by atoms with Crippen molar-refractivity contribution in [2.45, 2.75) is 18.2 Å². The first-order chi connectivity index (χ1) is 15.5. The second-order valence-corrected chi connectivity index (χ2v) is 8.36. The molecule has 2 heterocycles. The minimum Gasteiger partial charge on any atom is -0.481 e. The number of halogens is 5. The topological polar surface area (TPSA) is 60.2 Å². The van der Waals surface area contributed by atoms with Gasteiger partial charge in [0, 0.05) is 23.0 Å². The summed E-state index contributed by atoms with van der Waals surface area (Å²) in [6, 6.07) is 11.4. The molecule has 0 spiro atoms. The molecule has 4 aromatic rings. The molecule has 0 saturated heterocycles. The fourth-order valence-electron chi connectivity index (χ4n) is 3.85. The summed E-state index contributed by atoms with van der Waals surface area (Å²) in [5, 5.41) is 12.6. The summed E-state index contributed by atoms with van der Waals surface area (Å²) in [5.41, 5.74) is -0.341. The highest BCUT2D eigenvalue weighted by molar-refractivity contribution is 6.36. The van der Waals surface area contributed by atoms with Gasteiger partial charge in [-0.1, -0.05) is 41.4 Å². The van der Waals surface area contributed by atoms with Gasteiger partial charge in [-0.25, -0.2) is 9.97 Å². The van der Waals surface area contributed by atoms with Crippen LogP contribution in [0.4, 0.5) is 13.2 Å². The van der Waals surface area contributed by atoms with Crippen LogP contribution in [0.3, 0.4) is 0 Å². The normalized spacial score (nSPS) is 13.8. The first kappa shape index (κ1) is 23.4. The molecule has 0 aliphatic heterocycles. The highest BCUT2D eigenvalue weighted by atomic mass is 35.5. The SMILES string of the molecule is COc1nc2ccc(C(O)(c3ccc(Cl)cc3)c3cncn3C)cc2c(Cl)c1CC(F)(F)F. The third-order valence-corrected chi connectivity index (χ3v) is 6.10. The molecule has 4 rings (SSSR count). The van der Waals surface area contributed by atoms with E-state index in [0.717, 1.165) is 0 Å². The van der Waals surface area contributed by atoms with Crippen molar-refractivity contribution in [1.82, 2.24) is 14.5 Å². The van der Waals surface area contributed by atoms with Gasteiger partial charge in [-0.2, -0.15) is 13.2 Å². The Morgan fingerprint density at radius 1 is 1.06 bits per heavy atom. The molecular weight excluding hydrogens is 478 g/mol. The number of imidazole rings is 1. The van der Waals surface area contributed by atoms with Crippen LogP contribution in [-0.4, -0.2) is 32.9 Å². The Kier molecular flexibility index (Phi) is 6.03. The van der Waals surface area contributed by atoms with Crippen molar-refractivity contribution in [2.24, 2.45) is 7.05 Å². The standard InChI is InChI=1S/C23H18Cl2F3N3O2/c1-31-12-29-11-19(31)23(32,13-3-6-15(24)7-4-13)14-5-8-18-16(9-14)20(25)17(10-22(26,27)28)21(30-18)33-2/h3-9,11-12,32H,10H2,1-2H3. The van der Waals surface area contributed by atoms with E-state index in [4.69, 9.17) is 27.9 Å². The Labute approximate surface area is 197 Å². The van der Waals surface area contributed by atoms with Crippen LogP contribution in [0, 0.1) is 0 Å². The van der Waals surface area contributed by atoms with Crippen LogP contribution < -0.4 is 4.74 Å². The fraction of sp³-hybridized carbons (Fsp3) is 0.217. The molecule has 0 aliphatic carbocycles. The number of aryl methyl sites for hydroxylation is 1. The summed E-state index contributed by atoms with van der Waals surface area (Å²) in [5.74, 6) is -0.197. The van der Waals surface area contributed by atoms with Crippen LogP contribution in [0.25, 0.3) is 10.9 Å². The first-order valence-corrected chi connectivity index (χ1v) is 10.5. The summed E-state index contributed by atoms with van der Waals surface area (Å²) in [6.45, 7) is 0. The molecule has 0 radical (unpaired) electrons. The van der Waals surface area contributed by atoms with Crippen LogP contribution in [0.2, 0.25) is 10.0 Å². The lowest BCUT2D eigenvalue weighted by Crippen LogP contribution is -2.31. The molecule has 1 N–H and O–H groups in total. The summed E-state index contributed by atoms with van der Waals surface area (Å²) in [7, 11) is 2.96. The number of rotatable bonds is 5. The molecule has 2 aromatic carbocycles. The van der Waals surface area contributed by atoms with Crippen molar-refractivity contribution in [1.29, 1.82) is 0 Å². The zero-order valence-electron chi connectivity index (χ0n) is 17.5. The number of methoxy groups -OCH3 is 1. The molecule has 0 saturated carbocycles. The molecule has 0 amide bonds. The van der Waals surface area contributed by atoms with Gasteiger partial charge in [0.1, 0.15) is 0 Å². The van der Waals surface area contributed by atoms with E-state index >= 15 is 0 Å². The lowest BCUT2D eigenvalue weighted by Gasteiger charge is -2.30. The number of aromatic nitrogens is 3.